The molecule has 0 spiro atoms. The number of amides is 1. The molecule has 5 nitrogen and oxygen atoms in total. The molecular weight excluding hydrogens is 328 g/mol. The zero-order valence-corrected chi connectivity index (χ0v) is 12.7. The molecule has 19 heavy (non-hydrogen) atoms. The van der Waals surface area contributed by atoms with Crippen molar-refractivity contribution in [2.45, 2.75) is 12.6 Å². The van der Waals surface area contributed by atoms with E-state index in [0.717, 1.165) is 15.7 Å². The highest BCUT2D eigenvalue weighted by molar-refractivity contribution is 9.10. The zero-order valence-electron chi connectivity index (χ0n) is 10.3. The van der Waals surface area contributed by atoms with Gasteiger partial charge in [-0.15, -0.1) is 5.10 Å². The molecule has 7 heteroatoms. The van der Waals surface area contributed by atoms with Crippen LogP contribution in [0.3, 0.4) is 0 Å². The van der Waals surface area contributed by atoms with Crippen molar-refractivity contribution >= 4 is 33.4 Å². The third-order valence-corrected chi connectivity index (χ3v) is 3.74. The van der Waals surface area contributed by atoms with Crippen molar-refractivity contribution in [3.05, 3.63) is 45.4 Å². The van der Waals surface area contributed by atoms with Gasteiger partial charge in [-0.3, -0.25) is 9.69 Å². The summed E-state index contributed by atoms with van der Waals surface area (Å²) in [6.07, 6.45) is 0. The van der Waals surface area contributed by atoms with Crippen LogP contribution in [0.2, 0.25) is 0 Å². The lowest BCUT2D eigenvalue weighted by Crippen LogP contribution is -2.35. The Morgan fingerprint density at radius 1 is 1.58 bits per heavy atom. The Balaban J connectivity index is 2.22. The van der Waals surface area contributed by atoms with Gasteiger partial charge in [-0.25, -0.2) is 0 Å². The quantitative estimate of drug-likeness (QED) is 0.902. The molecule has 0 aliphatic heterocycles. The van der Waals surface area contributed by atoms with E-state index in [9.17, 15) is 4.79 Å². The topological polar surface area (TPSA) is 72.1 Å². The number of benzene rings is 1. The van der Waals surface area contributed by atoms with Crippen molar-refractivity contribution in [1.82, 2.24) is 14.5 Å². The average molecular weight is 341 g/mol. The van der Waals surface area contributed by atoms with Crippen LogP contribution < -0.4 is 5.73 Å². The standard InChI is InChI=1S/C12H13BrN4OS/c1-17(6-10-7-19-16-15-10)11(12(14)18)8-3-2-4-9(13)5-8/h2-5,7,11H,6H2,1H3,(H2,14,18)/t11-/m1/s1. The van der Waals surface area contributed by atoms with Crippen LogP contribution in [-0.2, 0) is 11.3 Å². The van der Waals surface area contributed by atoms with Gasteiger partial charge in [0.05, 0.1) is 5.69 Å². The predicted molar refractivity (Wildman–Crippen MR) is 77.5 cm³/mol. The summed E-state index contributed by atoms with van der Waals surface area (Å²) < 4.78 is 4.72. The zero-order chi connectivity index (χ0) is 13.8. The smallest absolute Gasteiger partial charge is 0.239 e. The Hall–Kier alpha value is -1.31. The largest absolute Gasteiger partial charge is 0.368 e. The second-order valence-electron chi connectivity index (χ2n) is 4.17. The predicted octanol–water partition coefficient (Wildman–Crippen LogP) is 1.96. The molecule has 0 fully saturated rings. The van der Waals surface area contributed by atoms with E-state index in [1.165, 1.54) is 11.5 Å². The van der Waals surface area contributed by atoms with Crippen molar-refractivity contribution in [1.29, 1.82) is 0 Å². The molecule has 1 atom stereocenters. The summed E-state index contributed by atoms with van der Waals surface area (Å²) in [6, 6.07) is 7.08. The molecule has 2 rings (SSSR count). The summed E-state index contributed by atoms with van der Waals surface area (Å²) in [4.78, 5) is 13.6. The van der Waals surface area contributed by atoms with Gasteiger partial charge in [0, 0.05) is 16.4 Å². The molecule has 0 saturated heterocycles. The van der Waals surface area contributed by atoms with Crippen molar-refractivity contribution in [2.24, 2.45) is 5.73 Å². The highest BCUT2D eigenvalue weighted by Crippen LogP contribution is 2.23. The number of aromatic nitrogens is 2. The van der Waals surface area contributed by atoms with Gasteiger partial charge in [0.15, 0.2) is 0 Å². The lowest BCUT2D eigenvalue weighted by Gasteiger charge is -2.25. The van der Waals surface area contributed by atoms with Crippen LogP contribution in [0.5, 0.6) is 0 Å². The summed E-state index contributed by atoms with van der Waals surface area (Å²) in [5, 5.41) is 5.83. The molecule has 0 aliphatic rings. The molecule has 0 saturated carbocycles. The van der Waals surface area contributed by atoms with E-state index in [0.29, 0.717) is 6.54 Å². The molecule has 1 aromatic carbocycles. The van der Waals surface area contributed by atoms with E-state index in [-0.39, 0.29) is 5.91 Å². The van der Waals surface area contributed by atoms with Crippen LogP contribution in [0.25, 0.3) is 0 Å². The van der Waals surface area contributed by atoms with E-state index in [1.54, 1.807) is 0 Å². The number of nitrogens with two attached hydrogens (primary N) is 1. The van der Waals surface area contributed by atoms with Crippen molar-refractivity contribution < 1.29 is 4.79 Å². The molecule has 0 radical (unpaired) electrons. The average Bonchev–Trinajstić information content (AvgIpc) is 2.81. The van der Waals surface area contributed by atoms with Crippen molar-refractivity contribution in [3.8, 4) is 0 Å². The van der Waals surface area contributed by atoms with Gasteiger partial charge < -0.3 is 5.73 Å². The second kappa shape index (κ2) is 6.23. The Bertz CT molecular complexity index is 561. The molecule has 1 heterocycles. The minimum Gasteiger partial charge on any atom is -0.368 e. The molecule has 1 aromatic heterocycles. The minimum absolute atomic E-state index is 0.385. The second-order valence-corrected chi connectivity index (χ2v) is 5.70. The molecule has 100 valence electrons. The Morgan fingerprint density at radius 2 is 2.37 bits per heavy atom. The number of carbonyl (C=O) groups excluding carboxylic acids is 1. The SMILES string of the molecule is CN(Cc1csnn1)[C@@H](C(N)=O)c1cccc(Br)c1. The van der Waals surface area contributed by atoms with E-state index in [4.69, 9.17) is 5.73 Å². The van der Waals surface area contributed by atoms with Gasteiger partial charge in [0.2, 0.25) is 5.91 Å². The molecule has 1 amide bonds. The van der Waals surface area contributed by atoms with Gasteiger partial charge in [0.25, 0.3) is 0 Å². The summed E-state index contributed by atoms with van der Waals surface area (Å²) in [6.45, 7) is 0.524. The highest BCUT2D eigenvalue weighted by atomic mass is 79.9. The first-order valence-corrected chi connectivity index (χ1v) is 7.22. The number of halogens is 1. The molecule has 2 N–H and O–H groups in total. The molecule has 0 aliphatic carbocycles. The maximum atomic E-state index is 11.7. The minimum atomic E-state index is -0.487. The number of nitrogens with zero attached hydrogens (tertiary/aromatic N) is 3. The van der Waals surface area contributed by atoms with Gasteiger partial charge >= 0.3 is 0 Å². The van der Waals surface area contributed by atoms with Crippen molar-refractivity contribution in [3.63, 3.8) is 0 Å². The highest BCUT2D eigenvalue weighted by Gasteiger charge is 2.23. The van der Waals surface area contributed by atoms with Gasteiger partial charge in [-0.2, -0.15) is 0 Å². The van der Waals surface area contributed by atoms with Crippen LogP contribution >= 0.6 is 27.5 Å². The lowest BCUT2D eigenvalue weighted by molar-refractivity contribution is -0.123. The van der Waals surface area contributed by atoms with Crippen LogP contribution in [0, 0.1) is 0 Å². The summed E-state index contributed by atoms with van der Waals surface area (Å²) in [5.41, 5.74) is 7.20. The maximum absolute atomic E-state index is 11.7. The number of rotatable bonds is 5. The van der Waals surface area contributed by atoms with Crippen molar-refractivity contribution in [2.75, 3.05) is 7.05 Å². The normalized spacial score (nSPS) is 12.6. The first-order valence-electron chi connectivity index (χ1n) is 5.59. The third-order valence-electron chi connectivity index (χ3n) is 2.69. The molecule has 0 unspecified atom stereocenters. The van der Waals surface area contributed by atoms with E-state index < -0.39 is 6.04 Å². The monoisotopic (exact) mass is 340 g/mol. The number of primary amides is 1. The molecular formula is C12H13BrN4OS. The summed E-state index contributed by atoms with van der Waals surface area (Å²) in [5.74, 6) is -0.385. The third kappa shape index (κ3) is 3.59. The lowest BCUT2D eigenvalue weighted by atomic mass is 10.1. The summed E-state index contributed by atoms with van der Waals surface area (Å²) in [7, 11) is 1.84. The molecule has 2 aromatic rings. The van der Waals surface area contributed by atoms with Crippen LogP contribution in [0.1, 0.15) is 17.3 Å². The first-order chi connectivity index (χ1) is 9.08. The Kier molecular flexibility index (Phi) is 4.62. The number of hydrogen-bond donors (Lipinski definition) is 1. The number of likely N-dealkylation sites (N-methyl/N-ethyl adjacent to an activating group) is 1. The van der Waals surface area contributed by atoms with Gasteiger partial charge in [-0.05, 0) is 36.3 Å². The fourth-order valence-corrected chi connectivity index (χ4v) is 2.77. The van der Waals surface area contributed by atoms with Crippen LogP contribution in [0.15, 0.2) is 34.1 Å². The number of carbonyl (C=O) groups is 1. The van der Waals surface area contributed by atoms with Gasteiger partial charge in [-0.1, -0.05) is 32.6 Å². The van der Waals surface area contributed by atoms with E-state index >= 15 is 0 Å². The fourth-order valence-electron chi connectivity index (χ4n) is 1.91. The maximum Gasteiger partial charge on any atom is 0.239 e. The van der Waals surface area contributed by atoms with E-state index in [2.05, 4.69) is 25.5 Å². The van der Waals surface area contributed by atoms with E-state index in [1.807, 2.05) is 41.6 Å². The fraction of sp³-hybridized carbons (Fsp3) is 0.250. The number of hydrogen-bond acceptors (Lipinski definition) is 5. The Labute approximate surface area is 123 Å². The van der Waals surface area contributed by atoms with Gasteiger partial charge in [0.1, 0.15) is 6.04 Å². The molecule has 0 bridgehead atoms. The van der Waals surface area contributed by atoms with Crippen LogP contribution in [0.4, 0.5) is 0 Å². The summed E-state index contributed by atoms with van der Waals surface area (Å²) >= 11 is 4.69. The Morgan fingerprint density at radius 3 is 2.95 bits per heavy atom. The first kappa shape index (κ1) is 14.1. The van der Waals surface area contributed by atoms with Crippen LogP contribution in [-0.4, -0.2) is 27.4 Å².